The third kappa shape index (κ3) is 6.22. The lowest BCUT2D eigenvalue weighted by Crippen LogP contribution is -2.22. The summed E-state index contributed by atoms with van der Waals surface area (Å²) in [6, 6.07) is 14.0. The molecule has 0 amide bonds. The molecule has 0 atom stereocenters. The normalized spacial score (nSPS) is 11.8. The fourth-order valence-electron chi connectivity index (χ4n) is 2.50. The summed E-state index contributed by atoms with van der Waals surface area (Å²) in [5.74, 6) is 0.335. The Morgan fingerprint density at radius 2 is 1.43 bits per heavy atom. The van der Waals surface area contributed by atoms with Crippen LogP contribution in [0.2, 0.25) is 0 Å². The van der Waals surface area contributed by atoms with Crippen molar-refractivity contribution in [3.05, 3.63) is 63.9 Å². The molecule has 3 aromatic rings. The molecule has 0 aliphatic heterocycles. The van der Waals surface area contributed by atoms with Gasteiger partial charge in [0.1, 0.15) is 22.7 Å². The maximum absolute atomic E-state index is 13.4. The van der Waals surface area contributed by atoms with Gasteiger partial charge in [0.25, 0.3) is 0 Å². The Balaban J connectivity index is 1.86. The van der Waals surface area contributed by atoms with Gasteiger partial charge >= 0.3 is 6.18 Å². The van der Waals surface area contributed by atoms with E-state index in [9.17, 15) is 13.2 Å². The van der Waals surface area contributed by atoms with Gasteiger partial charge in [-0.3, -0.25) is 0 Å². The number of nitrogens with one attached hydrogen (secondary N) is 2. The van der Waals surface area contributed by atoms with E-state index in [1.807, 2.05) is 32.9 Å². The zero-order valence-electron chi connectivity index (χ0n) is 16.5. The van der Waals surface area contributed by atoms with Crippen LogP contribution in [0.1, 0.15) is 26.3 Å². The van der Waals surface area contributed by atoms with E-state index in [2.05, 4.69) is 43.2 Å². The number of aromatic nitrogens is 2. The lowest BCUT2D eigenvalue weighted by Gasteiger charge is -2.21. The first-order chi connectivity index (χ1) is 14.0. The van der Waals surface area contributed by atoms with Crippen molar-refractivity contribution < 1.29 is 17.9 Å². The highest BCUT2D eigenvalue weighted by molar-refractivity contribution is 14.1. The van der Waals surface area contributed by atoms with Crippen LogP contribution in [0.25, 0.3) is 0 Å². The average molecular weight is 528 g/mol. The van der Waals surface area contributed by atoms with Crippen LogP contribution in [0.3, 0.4) is 0 Å². The molecular formula is C21H20F3IN4O. The molecule has 2 aromatic carbocycles. The lowest BCUT2D eigenvalue weighted by atomic mass is 10.2. The minimum Gasteiger partial charge on any atom is -0.488 e. The summed E-state index contributed by atoms with van der Waals surface area (Å²) >= 11 is 2.16. The van der Waals surface area contributed by atoms with E-state index < -0.39 is 11.7 Å². The maximum atomic E-state index is 13.4. The minimum absolute atomic E-state index is 0.0550. The van der Waals surface area contributed by atoms with E-state index in [1.54, 1.807) is 36.4 Å². The number of alkyl halides is 3. The van der Waals surface area contributed by atoms with Gasteiger partial charge in [0.15, 0.2) is 0 Å². The van der Waals surface area contributed by atoms with E-state index >= 15 is 0 Å². The minimum atomic E-state index is -4.60. The lowest BCUT2D eigenvalue weighted by molar-refractivity contribution is -0.137. The Morgan fingerprint density at radius 1 is 0.867 bits per heavy atom. The molecule has 9 heteroatoms. The molecule has 30 heavy (non-hydrogen) atoms. The van der Waals surface area contributed by atoms with Gasteiger partial charge < -0.3 is 15.4 Å². The van der Waals surface area contributed by atoms with Crippen LogP contribution in [-0.4, -0.2) is 15.6 Å². The van der Waals surface area contributed by atoms with Crippen molar-refractivity contribution in [1.82, 2.24) is 9.97 Å². The zero-order valence-corrected chi connectivity index (χ0v) is 18.7. The molecule has 1 aromatic heterocycles. The molecule has 0 saturated heterocycles. The number of nitrogens with zero attached hydrogens (tertiary/aromatic N) is 2. The van der Waals surface area contributed by atoms with Crippen molar-refractivity contribution in [3.8, 4) is 5.75 Å². The summed E-state index contributed by atoms with van der Waals surface area (Å²) < 4.78 is 47.1. The molecule has 0 aliphatic carbocycles. The Labute approximate surface area is 186 Å². The van der Waals surface area contributed by atoms with Crippen LogP contribution >= 0.6 is 22.6 Å². The number of rotatable bonds is 5. The Morgan fingerprint density at radius 3 is 2.00 bits per heavy atom. The molecule has 5 nitrogen and oxygen atoms in total. The van der Waals surface area contributed by atoms with E-state index in [1.165, 1.54) is 0 Å². The second-order valence-electron chi connectivity index (χ2n) is 7.45. The van der Waals surface area contributed by atoms with Crippen molar-refractivity contribution >= 4 is 45.7 Å². The highest BCUT2D eigenvalue weighted by Gasteiger charge is 2.35. The summed E-state index contributed by atoms with van der Waals surface area (Å²) in [5.41, 5.74) is -0.211. The fraction of sp³-hybridized carbons (Fsp3) is 0.238. The fourth-order valence-corrected chi connectivity index (χ4v) is 2.86. The van der Waals surface area contributed by atoms with E-state index in [4.69, 9.17) is 4.74 Å². The molecule has 2 N–H and O–H groups in total. The van der Waals surface area contributed by atoms with Crippen LogP contribution in [0.5, 0.6) is 5.75 Å². The van der Waals surface area contributed by atoms with Gasteiger partial charge in [-0.15, -0.1) is 0 Å². The van der Waals surface area contributed by atoms with Gasteiger partial charge in [-0.1, -0.05) is 0 Å². The molecule has 0 spiro atoms. The third-order valence-electron chi connectivity index (χ3n) is 3.74. The molecule has 3 rings (SSSR count). The monoisotopic (exact) mass is 528 g/mol. The number of ether oxygens (including phenoxy) is 1. The molecule has 0 bridgehead atoms. The van der Waals surface area contributed by atoms with Gasteiger partial charge in [0.2, 0.25) is 5.95 Å². The van der Waals surface area contributed by atoms with Gasteiger partial charge in [0.05, 0.1) is 0 Å². The third-order valence-corrected chi connectivity index (χ3v) is 4.45. The highest BCUT2D eigenvalue weighted by atomic mass is 127. The summed E-state index contributed by atoms with van der Waals surface area (Å²) in [4.78, 5) is 7.86. The number of hydrogen-bond donors (Lipinski definition) is 2. The Hall–Kier alpha value is -2.56. The summed E-state index contributed by atoms with van der Waals surface area (Å²) in [6.07, 6.45) is -3.83. The van der Waals surface area contributed by atoms with Gasteiger partial charge in [-0.2, -0.15) is 18.2 Å². The predicted molar refractivity (Wildman–Crippen MR) is 120 cm³/mol. The van der Waals surface area contributed by atoms with Crippen LogP contribution in [0.15, 0.2) is 54.7 Å². The van der Waals surface area contributed by atoms with Crippen LogP contribution < -0.4 is 15.4 Å². The molecule has 0 aliphatic rings. The van der Waals surface area contributed by atoms with Gasteiger partial charge in [-0.05, 0) is 91.9 Å². The molecule has 0 unspecified atom stereocenters. The first-order valence-electron chi connectivity index (χ1n) is 9.02. The molecule has 1 heterocycles. The first kappa shape index (κ1) is 22.1. The molecule has 158 valence electrons. The average Bonchev–Trinajstić information content (AvgIpc) is 2.63. The number of anilines is 4. The van der Waals surface area contributed by atoms with Gasteiger partial charge in [-0.25, -0.2) is 4.98 Å². The maximum Gasteiger partial charge on any atom is 0.421 e. The van der Waals surface area contributed by atoms with E-state index in [0.29, 0.717) is 17.1 Å². The molecule has 0 fully saturated rings. The van der Waals surface area contributed by atoms with Crippen molar-refractivity contribution in [3.63, 3.8) is 0 Å². The smallest absolute Gasteiger partial charge is 0.421 e. The topological polar surface area (TPSA) is 59.1 Å². The number of halogens is 4. The van der Waals surface area contributed by atoms with Crippen LogP contribution in [0, 0.1) is 3.57 Å². The van der Waals surface area contributed by atoms with Crippen molar-refractivity contribution in [2.75, 3.05) is 10.6 Å². The quantitative estimate of drug-likeness (QED) is 0.359. The molecular weight excluding hydrogens is 508 g/mol. The van der Waals surface area contributed by atoms with E-state index in [-0.39, 0.29) is 17.4 Å². The van der Waals surface area contributed by atoms with E-state index in [0.717, 1.165) is 9.77 Å². The van der Waals surface area contributed by atoms with Gasteiger partial charge in [0, 0.05) is 21.1 Å². The molecule has 0 radical (unpaired) electrons. The molecule has 0 saturated carbocycles. The SMILES string of the molecule is CC(C)(C)Oc1ccc(Nc2nc(Nc3ccc(I)cc3)ncc2C(F)(F)F)cc1. The van der Waals surface area contributed by atoms with Crippen LogP contribution in [0.4, 0.5) is 36.3 Å². The number of benzene rings is 2. The Bertz CT molecular complexity index is 1000. The van der Waals surface area contributed by atoms with Crippen molar-refractivity contribution in [2.24, 2.45) is 0 Å². The first-order valence-corrected chi connectivity index (χ1v) is 10.1. The number of hydrogen-bond acceptors (Lipinski definition) is 5. The predicted octanol–water partition coefficient (Wildman–Crippen LogP) is 6.76. The summed E-state index contributed by atoms with van der Waals surface area (Å²) in [7, 11) is 0. The zero-order chi connectivity index (χ0) is 21.9. The summed E-state index contributed by atoms with van der Waals surface area (Å²) in [6.45, 7) is 5.74. The highest BCUT2D eigenvalue weighted by Crippen LogP contribution is 2.35. The van der Waals surface area contributed by atoms with Crippen molar-refractivity contribution in [1.29, 1.82) is 0 Å². The second kappa shape index (κ2) is 8.66. The second-order valence-corrected chi connectivity index (χ2v) is 8.69. The summed E-state index contributed by atoms with van der Waals surface area (Å²) in [5, 5.41) is 5.65. The standard InChI is InChI=1S/C21H20F3IN4O/c1-20(2,3)30-16-10-8-14(9-11-16)27-18-17(21(22,23)24)12-26-19(29-18)28-15-6-4-13(25)5-7-15/h4-12H,1-3H3,(H2,26,27,28,29). The van der Waals surface area contributed by atoms with Crippen molar-refractivity contribution in [2.45, 2.75) is 32.5 Å². The largest absolute Gasteiger partial charge is 0.488 e. The van der Waals surface area contributed by atoms with Crippen LogP contribution in [-0.2, 0) is 6.18 Å². The Kier molecular flexibility index (Phi) is 6.39.